The number of sulfonamides is 1. The largest absolute Gasteiger partial charge is 0.308 e. The minimum Gasteiger partial charge on any atom is -0.308 e. The SMILES string of the molecule is O=c1ccc(S(=O)(=O)N2CCCC2)cn1Cc1ccccn1. The summed E-state index contributed by atoms with van der Waals surface area (Å²) in [6.45, 7) is 1.34. The number of pyridine rings is 2. The average Bonchev–Trinajstić information content (AvgIpc) is 3.05. The van der Waals surface area contributed by atoms with Gasteiger partial charge in [-0.3, -0.25) is 9.78 Å². The van der Waals surface area contributed by atoms with E-state index in [4.69, 9.17) is 0 Å². The first-order valence-electron chi connectivity index (χ1n) is 7.18. The van der Waals surface area contributed by atoms with E-state index in [-0.39, 0.29) is 17.0 Å². The molecule has 0 spiro atoms. The number of hydrogen-bond donors (Lipinski definition) is 0. The Balaban J connectivity index is 1.94. The molecule has 0 aliphatic carbocycles. The number of hydrogen-bond acceptors (Lipinski definition) is 4. The van der Waals surface area contributed by atoms with E-state index in [0.29, 0.717) is 18.8 Å². The maximum absolute atomic E-state index is 12.5. The summed E-state index contributed by atoms with van der Waals surface area (Å²) in [6.07, 6.45) is 4.81. The van der Waals surface area contributed by atoms with Crippen LogP contribution in [0.3, 0.4) is 0 Å². The minimum absolute atomic E-state index is 0.157. The second-order valence-corrected chi connectivity index (χ2v) is 7.20. The molecule has 0 N–H and O–H groups in total. The second kappa shape index (κ2) is 6.02. The monoisotopic (exact) mass is 319 g/mol. The first-order chi connectivity index (χ1) is 10.6. The van der Waals surface area contributed by atoms with Crippen LogP contribution in [-0.4, -0.2) is 35.4 Å². The Morgan fingerprint density at radius 3 is 2.55 bits per heavy atom. The Labute approximate surface area is 129 Å². The number of aromatic nitrogens is 2. The molecule has 2 aromatic heterocycles. The zero-order chi connectivity index (χ0) is 15.6. The molecular formula is C15H17N3O3S. The van der Waals surface area contributed by atoms with Gasteiger partial charge in [0, 0.05) is 31.5 Å². The van der Waals surface area contributed by atoms with Crippen molar-refractivity contribution < 1.29 is 8.42 Å². The van der Waals surface area contributed by atoms with Gasteiger partial charge in [0.15, 0.2) is 0 Å². The van der Waals surface area contributed by atoms with Crippen LogP contribution in [0.25, 0.3) is 0 Å². The van der Waals surface area contributed by atoms with Gasteiger partial charge < -0.3 is 4.57 Å². The molecule has 0 amide bonds. The summed E-state index contributed by atoms with van der Waals surface area (Å²) in [4.78, 5) is 16.3. The van der Waals surface area contributed by atoms with Crippen LogP contribution in [0.1, 0.15) is 18.5 Å². The summed E-state index contributed by atoms with van der Waals surface area (Å²) in [5, 5.41) is 0. The highest BCUT2D eigenvalue weighted by atomic mass is 32.2. The van der Waals surface area contributed by atoms with Crippen LogP contribution in [0.4, 0.5) is 0 Å². The van der Waals surface area contributed by atoms with E-state index in [1.165, 1.54) is 27.2 Å². The van der Waals surface area contributed by atoms with Gasteiger partial charge >= 0.3 is 0 Å². The van der Waals surface area contributed by atoms with Crippen LogP contribution in [-0.2, 0) is 16.6 Å². The zero-order valence-corrected chi connectivity index (χ0v) is 12.9. The van der Waals surface area contributed by atoms with Crippen molar-refractivity contribution in [1.82, 2.24) is 13.9 Å². The van der Waals surface area contributed by atoms with Gasteiger partial charge in [-0.1, -0.05) is 6.07 Å². The van der Waals surface area contributed by atoms with Crippen molar-refractivity contribution in [1.29, 1.82) is 0 Å². The summed E-state index contributed by atoms with van der Waals surface area (Å²) >= 11 is 0. The highest BCUT2D eigenvalue weighted by molar-refractivity contribution is 7.89. The van der Waals surface area contributed by atoms with Crippen LogP contribution in [0.5, 0.6) is 0 Å². The summed E-state index contributed by atoms with van der Waals surface area (Å²) in [5.41, 5.74) is 0.464. The smallest absolute Gasteiger partial charge is 0.250 e. The standard InChI is InChI=1S/C15H17N3O3S/c19-15-7-6-14(22(20,21)18-9-3-4-10-18)12-17(15)11-13-5-1-2-8-16-13/h1-2,5-8,12H,3-4,9-11H2. The lowest BCUT2D eigenvalue weighted by atomic mass is 10.3. The zero-order valence-electron chi connectivity index (χ0n) is 12.1. The Kier molecular flexibility index (Phi) is 4.08. The van der Waals surface area contributed by atoms with Gasteiger partial charge in [-0.2, -0.15) is 4.31 Å². The number of nitrogens with zero attached hydrogens (tertiary/aromatic N) is 3. The van der Waals surface area contributed by atoms with Crippen molar-refractivity contribution in [3.05, 3.63) is 58.8 Å². The van der Waals surface area contributed by atoms with Crippen LogP contribution >= 0.6 is 0 Å². The first kappa shape index (κ1) is 14.9. The second-order valence-electron chi connectivity index (χ2n) is 5.26. The lowest BCUT2D eigenvalue weighted by Gasteiger charge is -2.16. The molecule has 3 heterocycles. The lowest BCUT2D eigenvalue weighted by molar-refractivity contribution is 0.476. The Morgan fingerprint density at radius 1 is 1.09 bits per heavy atom. The van der Waals surface area contributed by atoms with Crippen LogP contribution in [0.2, 0.25) is 0 Å². The maximum atomic E-state index is 12.5. The molecule has 1 aliphatic rings. The molecule has 22 heavy (non-hydrogen) atoms. The fraction of sp³-hybridized carbons (Fsp3) is 0.333. The van der Waals surface area contributed by atoms with Gasteiger partial charge in [0.1, 0.15) is 0 Å². The minimum atomic E-state index is -3.52. The Morgan fingerprint density at radius 2 is 1.86 bits per heavy atom. The van der Waals surface area contributed by atoms with E-state index in [2.05, 4.69) is 4.98 Å². The van der Waals surface area contributed by atoms with Crippen molar-refractivity contribution in [3.8, 4) is 0 Å². The molecule has 1 saturated heterocycles. The van der Waals surface area contributed by atoms with E-state index in [9.17, 15) is 13.2 Å². The van der Waals surface area contributed by atoms with Gasteiger partial charge in [0.25, 0.3) is 5.56 Å². The van der Waals surface area contributed by atoms with Crippen molar-refractivity contribution in [3.63, 3.8) is 0 Å². The molecule has 0 unspecified atom stereocenters. The fourth-order valence-corrected chi connectivity index (χ4v) is 4.07. The van der Waals surface area contributed by atoms with E-state index in [1.54, 1.807) is 18.3 Å². The van der Waals surface area contributed by atoms with Gasteiger partial charge in [-0.05, 0) is 31.0 Å². The Bertz CT molecular complexity index is 809. The van der Waals surface area contributed by atoms with Crippen molar-refractivity contribution in [2.75, 3.05) is 13.1 Å². The molecule has 0 atom stereocenters. The average molecular weight is 319 g/mol. The highest BCUT2D eigenvalue weighted by Crippen LogP contribution is 2.19. The van der Waals surface area contributed by atoms with Crippen molar-refractivity contribution in [2.24, 2.45) is 0 Å². The van der Waals surface area contributed by atoms with Gasteiger partial charge in [0.05, 0.1) is 17.1 Å². The molecule has 0 radical (unpaired) electrons. The molecule has 6 nitrogen and oxygen atoms in total. The molecule has 0 bridgehead atoms. The third-order valence-electron chi connectivity index (χ3n) is 3.72. The van der Waals surface area contributed by atoms with E-state index in [0.717, 1.165) is 12.8 Å². The molecule has 2 aromatic rings. The third kappa shape index (κ3) is 2.95. The van der Waals surface area contributed by atoms with Gasteiger partial charge in [-0.15, -0.1) is 0 Å². The van der Waals surface area contributed by atoms with Crippen LogP contribution < -0.4 is 5.56 Å². The first-order valence-corrected chi connectivity index (χ1v) is 8.62. The molecule has 0 saturated carbocycles. The normalized spacial score (nSPS) is 16.0. The summed E-state index contributed by atoms with van der Waals surface area (Å²) in [6, 6.07) is 8.10. The lowest BCUT2D eigenvalue weighted by Crippen LogP contribution is -2.29. The predicted molar refractivity (Wildman–Crippen MR) is 82.0 cm³/mol. The molecule has 116 valence electrons. The third-order valence-corrected chi connectivity index (χ3v) is 5.60. The summed E-state index contributed by atoms with van der Waals surface area (Å²) < 4.78 is 27.9. The number of rotatable bonds is 4. The van der Waals surface area contributed by atoms with Crippen LogP contribution in [0, 0.1) is 0 Å². The molecule has 7 heteroatoms. The van der Waals surface area contributed by atoms with Gasteiger partial charge in [-0.25, -0.2) is 8.42 Å². The molecule has 0 aromatic carbocycles. The molecule has 1 aliphatic heterocycles. The van der Waals surface area contributed by atoms with Crippen LogP contribution in [0.15, 0.2) is 52.4 Å². The summed E-state index contributed by atoms with van der Waals surface area (Å²) in [5.74, 6) is 0. The Hall–Kier alpha value is -1.99. The van der Waals surface area contributed by atoms with E-state index >= 15 is 0 Å². The molecule has 3 rings (SSSR count). The fourth-order valence-electron chi connectivity index (χ4n) is 2.53. The van der Waals surface area contributed by atoms with Crippen molar-refractivity contribution in [2.45, 2.75) is 24.3 Å². The molecular weight excluding hydrogens is 302 g/mol. The van der Waals surface area contributed by atoms with Gasteiger partial charge in [0.2, 0.25) is 10.0 Å². The predicted octanol–water partition coefficient (Wildman–Crippen LogP) is 1.08. The molecule has 1 fully saturated rings. The topological polar surface area (TPSA) is 72.3 Å². The van der Waals surface area contributed by atoms with Crippen molar-refractivity contribution >= 4 is 10.0 Å². The maximum Gasteiger partial charge on any atom is 0.250 e. The quantitative estimate of drug-likeness (QED) is 0.845. The summed E-state index contributed by atoms with van der Waals surface area (Å²) in [7, 11) is -3.52. The highest BCUT2D eigenvalue weighted by Gasteiger charge is 2.27. The van der Waals surface area contributed by atoms with E-state index < -0.39 is 10.0 Å². The van der Waals surface area contributed by atoms with E-state index in [1.807, 2.05) is 6.07 Å².